The van der Waals surface area contributed by atoms with Crippen molar-refractivity contribution in [3.8, 4) is 6.07 Å². The number of nitrogens with one attached hydrogen (secondary N) is 2. The Morgan fingerprint density at radius 1 is 1.17 bits per heavy atom. The van der Waals surface area contributed by atoms with Gasteiger partial charge in [0, 0.05) is 5.56 Å². The summed E-state index contributed by atoms with van der Waals surface area (Å²) in [6.07, 6.45) is 0. The summed E-state index contributed by atoms with van der Waals surface area (Å²) >= 11 is 1.20. The SMILES string of the molecule is C[C@H](NC(=O)c1ccc(C(C)(C)C)cc1)C(=O)OCC(=O)Nc1sccc1C#N. The van der Waals surface area contributed by atoms with Crippen LogP contribution in [0.2, 0.25) is 0 Å². The maximum atomic E-state index is 12.3. The van der Waals surface area contributed by atoms with E-state index in [1.165, 1.54) is 18.3 Å². The summed E-state index contributed by atoms with van der Waals surface area (Å²) < 4.78 is 4.94. The van der Waals surface area contributed by atoms with Crippen molar-refractivity contribution in [3.05, 3.63) is 52.4 Å². The van der Waals surface area contributed by atoms with Crippen LogP contribution in [0.1, 0.15) is 49.2 Å². The van der Waals surface area contributed by atoms with Gasteiger partial charge in [-0.25, -0.2) is 4.79 Å². The molecule has 0 aliphatic heterocycles. The number of nitriles is 1. The van der Waals surface area contributed by atoms with Crippen molar-refractivity contribution in [2.75, 3.05) is 11.9 Å². The number of carbonyl (C=O) groups excluding carboxylic acids is 3. The van der Waals surface area contributed by atoms with Gasteiger partial charge in [0.25, 0.3) is 11.8 Å². The maximum absolute atomic E-state index is 12.3. The zero-order valence-electron chi connectivity index (χ0n) is 16.7. The minimum atomic E-state index is -0.922. The number of hydrogen-bond donors (Lipinski definition) is 2. The highest BCUT2D eigenvalue weighted by Crippen LogP contribution is 2.22. The summed E-state index contributed by atoms with van der Waals surface area (Å²) in [7, 11) is 0. The fourth-order valence-electron chi connectivity index (χ4n) is 2.38. The zero-order chi connectivity index (χ0) is 21.6. The van der Waals surface area contributed by atoms with Gasteiger partial charge in [0.15, 0.2) is 6.61 Å². The molecule has 0 aliphatic carbocycles. The van der Waals surface area contributed by atoms with Gasteiger partial charge in [-0.05, 0) is 41.5 Å². The summed E-state index contributed by atoms with van der Waals surface area (Å²) in [5.74, 6) is -1.70. The normalized spacial score (nSPS) is 11.8. The van der Waals surface area contributed by atoms with Crippen LogP contribution < -0.4 is 10.6 Å². The number of esters is 1. The highest BCUT2D eigenvalue weighted by molar-refractivity contribution is 7.14. The number of ether oxygens (including phenoxy) is 1. The van der Waals surface area contributed by atoms with Crippen LogP contribution in [0.5, 0.6) is 0 Å². The Bertz CT molecular complexity index is 936. The topological polar surface area (TPSA) is 108 Å². The molecule has 0 radical (unpaired) electrons. The summed E-state index contributed by atoms with van der Waals surface area (Å²) in [4.78, 5) is 36.3. The summed E-state index contributed by atoms with van der Waals surface area (Å²) in [5, 5.41) is 16.1. The minimum Gasteiger partial charge on any atom is -0.454 e. The van der Waals surface area contributed by atoms with E-state index in [1.807, 2.05) is 18.2 Å². The van der Waals surface area contributed by atoms with Crippen molar-refractivity contribution in [1.82, 2.24) is 5.32 Å². The van der Waals surface area contributed by atoms with Crippen molar-refractivity contribution in [2.45, 2.75) is 39.2 Å². The average molecular weight is 413 g/mol. The Morgan fingerprint density at radius 3 is 2.41 bits per heavy atom. The van der Waals surface area contributed by atoms with Gasteiger partial charge in [-0.1, -0.05) is 32.9 Å². The Balaban J connectivity index is 1.84. The third-order valence-corrected chi connectivity index (χ3v) is 4.93. The second-order valence-corrected chi connectivity index (χ2v) is 8.37. The molecule has 2 aromatic rings. The molecule has 0 spiro atoms. The third-order valence-electron chi connectivity index (χ3n) is 4.10. The Labute approximate surface area is 173 Å². The zero-order valence-corrected chi connectivity index (χ0v) is 17.6. The van der Waals surface area contributed by atoms with E-state index in [1.54, 1.807) is 23.6 Å². The van der Waals surface area contributed by atoms with E-state index in [0.29, 0.717) is 16.1 Å². The number of carbonyl (C=O) groups is 3. The van der Waals surface area contributed by atoms with E-state index in [9.17, 15) is 14.4 Å². The largest absolute Gasteiger partial charge is 0.454 e. The number of amides is 2. The molecule has 2 amide bonds. The number of rotatable bonds is 6. The second-order valence-electron chi connectivity index (χ2n) is 7.45. The van der Waals surface area contributed by atoms with Crippen LogP contribution >= 0.6 is 11.3 Å². The second kappa shape index (κ2) is 9.34. The first-order chi connectivity index (χ1) is 13.6. The summed E-state index contributed by atoms with van der Waals surface area (Å²) in [5.41, 5.74) is 1.84. The molecule has 0 bridgehead atoms. The smallest absolute Gasteiger partial charge is 0.328 e. The van der Waals surface area contributed by atoms with Crippen molar-refractivity contribution in [1.29, 1.82) is 5.26 Å². The fraction of sp³-hybridized carbons (Fsp3) is 0.333. The minimum absolute atomic E-state index is 0.0240. The van der Waals surface area contributed by atoms with Crippen molar-refractivity contribution in [2.24, 2.45) is 0 Å². The van der Waals surface area contributed by atoms with Gasteiger partial charge >= 0.3 is 5.97 Å². The molecule has 0 saturated heterocycles. The lowest BCUT2D eigenvalue weighted by molar-refractivity contribution is -0.148. The van der Waals surface area contributed by atoms with E-state index < -0.39 is 30.4 Å². The van der Waals surface area contributed by atoms with Crippen LogP contribution in [0, 0.1) is 11.3 Å². The van der Waals surface area contributed by atoms with E-state index >= 15 is 0 Å². The average Bonchev–Trinajstić information content (AvgIpc) is 3.12. The standard InChI is InChI=1S/C21H23N3O4S/c1-13(23-18(26)14-5-7-16(8-6-14)21(2,3)4)20(27)28-12-17(25)24-19-15(11-22)9-10-29-19/h5-10,13H,12H2,1-4H3,(H,23,26)(H,24,25)/t13-/m0/s1. The highest BCUT2D eigenvalue weighted by atomic mass is 32.1. The Hall–Kier alpha value is -3.18. The van der Waals surface area contributed by atoms with E-state index in [2.05, 4.69) is 31.4 Å². The van der Waals surface area contributed by atoms with E-state index in [4.69, 9.17) is 10.00 Å². The van der Waals surface area contributed by atoms with Crippen LogP contribution in [0.3, 0.4) is 0 Å². The van der Waals surface area contributed by atoms with Crippen molar-refractivity contribution < 1.29 is 19.1 Å². The van der Waals surface area contributed by atoms with E-state index in [0.717, 1.165) is 5.56 Å². The number of thiophene rings is 1. The van der Waals surface area contributed by atoms with E-state index in [-0.39, 0.29) is 5.41 Å². The molecule has 0 saturated carbocycles. The quantitative estimate of drug-likeness (QED) is 0.707. The molecule has 0 fully saturated rings. The molecule has 2 rings (SSSR count). The predicted octanol–water partition coefficient (Wildman–Crippen LogP) is 3.22. The predicted molar refractivity (Wildman–Crippen MR) is 111 cm³/mol. The van der Waals surface area contributed by atoms with Crippen molar-refractivity contribution in [3.63, 3.8) is 0 Å². The first-order valence-corrected chi connectivity index (χ1v) is 9.85. The molecular formula is C21H23N3O4S. The van der Waals surface area contributed by atoms with Gasteiger partial charge in [0.05, 0.1) is 5.56 Å². The van der Waals surface area contributed by atoms with Crippen LogP contribution in [0.4, 0.5) is 5.00 Å². The first-order valence-electron chi connectivity index (χ1n) is 8.97. The molecule has 29 heavy (non-hydrogen) atoms. The molecule has 1 aromatic carbocycles. The molecule has 0 unspecified atom stereocenters. The number of benzene rings is 1. The van der Waals surface area contributed by atoms with Crippen LogP contribution in [-0.4, -0.2) is 30.4 Å². The molecule has 1 atom stereocenters. The van der Waals surface area contributed by atoms with Crippen LogP contribution in [0.15, 0.2) is 35.7 Å². The highest BCUT2D eigenvalue weighted by Gasteiger charge is 2.20. The lowest BCUT2D eigenvalue weighted by Crippen LogP contribution is -2.40. The number of nitrogens with zero attached hydrogens (tertiary/aromatic N) is 1. The molecule has 2 N–H and O–H groups in total. The van der Waals surface area contributed by atoms with Gasteiger partial charge in [-0.2, -0.15) is 5.26 Å². The molecule has 1 aromatic heterocycles. The lowest BCUT2D eigenvalue weighted by Gasteiger charge is -2.19. The van der Waals surface area contributed by atoms with Gasteiger partial charge in [0.2, 0.25) is 0 Å². The number of hydrogen-bond acceptors (Lipinski definition) is 6. The third kappa shape index (κ3) is 6.16. The fourth-order valence-corrected chi connectivity index (χ4v) is 3.13. The lowest BCUT2D eigenvalue weighted by atomic mass is 9.86. The summed E-state index contributed by atoms with van der Waals surface area (Å²) in [6.45, 7) is 7.21. The first kappa shape index (κ1) is 22.1. The summed E-state index contributed by atoms with van der Waals surface area (Å²) in [6, 6.07) is 9.77. The molecular weight excluding hydrogens is 390 g/mol. The van der Waals surface area contributed by atoms with Gasteiger partial charge in [-0.3, -0.25) is 9.59 Å². The molecule has 8 heteroatoms. The molecule has 152 valence electrons. The molecule has 1 heterocycles. The maximum Gasteiger partial charge on any atom is 0.328 e. The Morgan fingerprint density at radius 2 is 1.83 bits per heavy atom. The van der Waals surface area contributed by atoms with Crippen molar-refractivity contribution >= 4 is 34.1 Å². The monoisotopic (exact) mass is 413 g/mol. The van der Waals surface area contributed by atoms with Gasteiger partial charge < -0.3 is 15.4 Å². The molecule has 7 nitrogen and oxygen atoms in total. The number of anilines is 1. The molecule has 0 aliphatic rings. The van der Waals surface area contributed by atoms with Crippen LogP contribution in [-0.2, 0) is 19.7 Å². The van der Waals surface area contributed by atoms with Gasteiger partial charge in [-0.15, -0.1) is 11.3 Å². The Kier molecular flexibility index (Phi) is 7.13. The van der Waals surface area contributed by atoms with Crippen LogP contribution in [0.25, 0.3) is 0 Å². The van der Waals surface area contributed by atoms with Gasteiger partial charge in [0.1, 0.15) is 17.1 Å².